The van der Waals surface area contributed by atoms with E-state index in [4.69, 9.17) is 0 Å². The van der Waals surface area contributed by atoms with Crippen molar-refractivity contribution in [3.8, 4) is 0 Å². The summed E-state index contributed by atoms with van der Waals surface area (Å²) >= 11 is 0. The van der Waals surface area contributed by atoms with Crippen molar-refractivity contribution in [2.24, 2.45) is 0 Å². The summed E-state index contributed by atoms with van der Waals surface area (Å²) in [5, 5.41) is 12.5. The molecule has 0 bridgehead atoms. The van der Waals surface area contributed by atoms with E-state index >= 15 is 0 Å². The third-order valence-electron chi connectivity index (χ3n) is 2.34. The number of amides is 1. The Bertz CT molecular complexity index is 234. The molecule has 0 aromatic carbocycles. The zero-order valence-corrected chi connectivity index (χ0v) is 10.8. The molecule has 0 fully saturated rings. The van der Waals surface area contributed by atoms with E-state index in [0.29, 0.717) is 13.1 Å². The SMILES string of the molecule is C=CCNC(=O)C(C)N(CC)CC(C)(C)O. The van der Waals surface area contributed by atoms with Crippen molar-refractivity contribution >= 4 is 5.91 Å². The number of aliphatic hydroxyl groups is 1. The van der Waals surface area contributed by atoms with Crippen LogP contribution in [0.25, 0.3) is 0 Å². The highest BCUT2D eigenvalue weighted by molar-refractivity contribution is 5.81. The number of hydrogen-bond donors (Lipinski definition) is 2. The molecule has 0 aromatic heterocycles. The van der Waals surface area contributed by atoms with E-state index in [0.717, 1.165) is 6.54 Å². The number of nitrogens with one attached hydrogen (secondary N) is 1. The maximum absolute atomic E-state index is 11.7. The molecule has 1 unspecified atom stereocenters. The fourth-order valence-corrected chi connectivity index (χ4v) is 1.51. The van der Waals surface area contributed by atoms with Gasteiger partial charge in [0, 0.05) is 13.1 Å². The number of likely N-dealkylation sites (N-methyl/N-ethyl adjacent to an activating group) is 1. The van der Waals surface area contributed by atoms with Gasteiger partial charge in [0.05, 0.1) is 11.6 Å². The van der Waals surface area contributed by atoms with Gasteiger partial charge in [0.15, 0.2) is 0 Å². The highest BCUT2D eigenvalue weighted by Crippen LogP contribution is 2.08. The first-order valence-corrected chi connectivity index (χ1v) is 5.67. The third kappa shape index (κ3) is 5.88. The van der Waals surface area contributed by atoms with Crippen molar-refractivity contribution < 1.29 is 9.90 Å². The highest BCUT2D eigenvalue weighted by Gasteiger charge is 2.24. The monoisotopic (exact) mass is 228 g/mol. The van der Waals surface area contributed by atoms with Crippen LogP contribution in [0.5, 0.6) is 0 Å². The molecule has 2 N–H and O–H groups in total. The van der Waals surface area contributed by atoms with Crippen LogP contribution in [0.15, 0.2) is 12.7 Å². The minimum atomic E-state index is -0.789. The summed E-state index contributed by atoms with van der Waals surface area (Å²) in [4.78, 5) is 13.6. The first-order chi connectivity index (χ1) is 7.31. The third-order valence-corrected chi connectivity index (χ3v) is 2.34. The maximum Gasteiger partial charge on any atom is 0.237 e. The molecule has 0 spiro atoms. The normalized spacial score (nSPS) is 13.6. The van der Waals surface area contributed by atoms with Gasteiger partial charge in [-0.05, 0) is 27.3 Å². The molecule has 0 radical (unpaired) electrons. The predicted octanol–water partition coefficient (Wildman–Crippen LogP) is 0.770. The van der Waals surface area contributed by atoms with Gasteiger partial charge in [-0.3, -0.25) is 9.69 Å². The fraction of sp³-hybridized carbons (Fsp3) is 0.750. The van der Waals surface area contributed by atoms with Gasteiger partial charge in [-0.2, -0.15) is 0 Å². The molecule has 0 aliphatic heterocycles. The Kier molecular flexibility index (Phi) is 6.29. The fourth-order valence-electron chi connectivity index (χ4n) is 1.51. The molecule has 94 valence electrons. The van der Waals surface area contributed by atoms with Gasteiger partial charge in [0.1, 0.15) is 0 Å². The summed E-state index contributed by atoms with van der Waals surface area (Å²) in [6.07, 6.45) is 1.65. The quantitative estimate of drug-likeness (QED) is 0.633. The van der Waals surface area contributed by atoms with Crippen molar-refractivity contribution in [3.63, 3.8) is 0 Å². The van der Waals surface area contributed by atoms with E-state index < -0.39 is 5.60 Å². The molecule has 16 heavy (non-hydrogen) atoms. The molecule has 0 aromatic rings. The minimum absolute atomic E-state index is 0.0361. The maximum atomic E-state index is 11.7. The summed E-state index contributed by atoms with van der Waals surface area (Å²) in [5.74, 6) is -0.0361. The summed E-state index contributed by atoms with van der Waals surface area (Å²) in [7, 11) is 0. The van der Waals surface area contributed by atoms with Gasteiger partial charge in [0.25, 0.3) is 0 Å². The van der Waals surface area contributed by atoms with Gasteiger partial charge in [-0.15, -0.1) is 6.58 Å². The lowest BCUT2D eigenvalue weighted by atomic mass is 10.1. The van der Waals surface area contributed by atoms with Gasteiger partial charge < -0.3 is 10.4 Å². The van der Waals surface area contributed by atoms with E-state index in [-0.39, 0.29) is 11.9 Å². The van der Waals surface area contributed by atoms with E-state index in [1.165, 1.54) is 0 Å². The van der Waals surface area contributed by atoms with E-state index in [9.17, 15) is 9.90 Å². The van der Waals surface area contributed by atoms with Crippen molar-refractivity contribution in [2.75, 3.05) is 19.6 Å². The number of carbonyl (C=O) groups excluding carboxylic acids is 1. The molecule has 1 atom stereocenters. The highest BCUT2D eigenvalue weighted by atomic mass is 16.3. The first-order valence-electron chi connectivity index (χ1n) is 5.67. The van der Waals surface area contributed by atoms with Gasteiger partial charge in [-0.25, -0.2) is 0 Å². The van der Waals surface area contributed by atoms with Crippen LogP contribution in [0.2, 0.25) is 0 Å². The Morgan fingerprint density at radius 2 is 2.19 bits per heavy atom. The molecular weight excluding hydrogens is 204 g/mol. The molecule has 1 amide bonds. The summed E-state index contributed by atoms with van der Waals surface area (Å²) in [5.41, 5.74) is -0.789. The number of hydrogen-bond acceptors (Lipinski definition) is 3. The van der Waals surface area contributed by atoms with Crippen LogP contribution in [0, 0.1) is 0 Å². The van der Waals surface area contributed by atoms with Gasteiger partial charge in [0.2, 0.25) is 5.91 Å². The van der Waals surface area contributed by atoms with E-state index in [1.807, 2.05) is 18.7 Å². The molecule has 0 aliphatic carbocycles. The van der Waals surface area contributed by atoms with Crippen LogP contribution in [0.1, 0.15) is 27.7 Å². The van der Waals surface area contributed by atoms with Crippen LogP contribution in [0.4, 0.5) is 0 Å². The minimum Gasteiger partial charge on any atom is -0.389 e. The smallest absolute Gasteiger partial charge is 0.237 e. The second-order valence-electron chi connectivity index (χ2n) is 4.59. The molecule has 0 aliphatic rings. The summed E-state index contributed by atoms with van der Waals surface area (Å²) < 4.78 is 0. The zero-order chi connectivity index (χ0) is 12.8. The van der Waals surface area contributed by atoms with Crippen LogP contribution in [-0.4, -0.2) is 47.2 Å². The van der Waals surface area contributed by atoms with Gasteiger partial charge in [-0.1, -0.05) is 13.0 Å². The zero-order valence-electron chi connectivity index (χ0n) is 10.8. The number of carbonyl (C=O) groups is 1. The average molecular weight is 228 g/mol. The van der Waals surface area contributed by atoms with E-state index in [1.54, 1.807) is 19.9 Å². The number of nitrogens with zero attached hydrogens (tertiary/aromatic N) is 1. The largest absolute Gasteiger partial charge is 0.389 e. The standard InChI is InChI=1S/C12H24N2O2/c1-6-8-13-11(15)10(3)14(7-2)9-12(4,5)16/h6,10,16H,1,7-9H2,2-5H3,(H,13,15). The Balaban J connectivity index is 4.34. The van der Waals surface area contributed by atoms with Crippen molar-refractivity contribution in [1.29, 1.82) is 0 Å². The second-order valence-corrected chi connectivity index (χ2v) is 4.59. The van der Waals surface area contributed by atoms with Crippen LogP contribution in [0.3, 0.4) is 0 Å². The van der Waals surface area contributed by atoms with Crippen molar-refractivity contribution in [1.82, 2.24) is 10.2 Å². The molecule has 0 rings (SSSR count). The predicted molar refractivity (Wildman–Crippen MR) is 66.2 cm³/mol. The Morgan fingerprint density at radius 1 is 1.62 bits per heavy atom. The molecule has 0 saturated heterocycles. The second kappa shape index (κ2) is 6.66. The van der Waals surface area contributed by atoms with Crippen LogP contribution < -0.4 is 5.32 Å². The number of rotatable bonds is 7. The Morgan fingerprint density at radius 3 is 2.56 bits per heavy atom. The molecular formula is C12H24N2O2. The first kappa shape index (κ1) is 15.1. The van der Waals surface area contributed by atoms with Crippen molar-refractivity contribution in [3.05, 3.63) is 12.7 Å². The summed E-state index contributed by atoms with van der Waals surface area (Å²) in [6, 6.07) is -0.239. The van der Waals surface area contributed by atoms with Crippen molar-refractivity contribution in [2.45, 2.75) is 39.3 Å². The lowest BCUT2D eigenvalue weighted by Gasteiger charge is -2.32. The summed E-state index contributed by atoms with van der Waals surface area (Å²) in [6.45, 7) is 12.5. The van der Waals surface area contributed by atoms with E-state index in [2.05, 4.69) is 11.9 Å². The van der Waals surface area contributed by atoms with Crippen LogP contribution in [-0.2, 0) is 4.79 Å². The van der Waals surface area contributed by atoms with Gasteiger partial charge >= 0.3 is 0 Å². The lowest BCUT2D eigenvalue weighted by molar-refractivity contribution is -0.126. The Hall–Kier alpha value is -0.870. The molecule has 0 saturated carbocycles. The Labute approximate surface area is 98.3 Å². The van der Waals surface area contributed by atoms with Crippen LogP contribution >= 0.6 is 0 Å². The molecule has 4 nitrogen and oxygen atoms in total. The topological polar surface area (TPSA) is 52.6 Å². The lowest BCUT2D eigenvalue weighted by Crippen LogP contribution is -2.49. The molecule has 4 heteroatoms. The average Bonchev–Trinajstić information content (AvgIpc) is 2.20. The molecule has 0 heterocycles.